The zero-order valence-electron chi connectivity index (χ0n) is 46.4. The first kappa shape index (κ1) is 56.2. The quantitative estimate of drug-likeness (QED) is 0.0474. The Morgan fingerprint density at radius 2 is 1.09 bits per heavy atom. The highest BCUT2D eigenvalue weighted by Crippen LogP contribution is 2.49. The van der Waals surface area contributed by atoms with Crippen LogP contribution in [0.25, 0.3) is 0 Å². The lowest BCUT2D eigenvalue weighted by molar-refractivity contribution is -0.116. The van der Waals surface area contributed by atoms with Crippen molar-refractivity contribution in [3.8, 4) is 0 Å². The smallest absolute Gasteiger partial charge is 0.340 e. The van der Waals surface area contributed by atoms with Crippen LogP contribution >= 0.6 is 0 Å². The SMILES string of the molecule is COC(=O)c1c(C)[nH]c2c1[C@]1(C)CCN(C(=O)c3cc(NC(=O)c4cc(NC(=O)c5nc(NC(=O)CCCNC(=O)c6cc(NC(=O)c7cc(NC(=O)c8nc(NC(C)=O)cn8C)cn7C)cn6C)cn5C)cn4C)cn3C)C1=CC2=O. The number of hydrogen-bond donors (Lipinski definition) is 8. The molecule has 7 aromatic rings. The lowest BCUT2D eigenvalue weighted by atomic mass is 9.73. The van der Waals surface area contributed by atoms with E-state index in [0.29, 0.717) is 46.1 Å². The molecule has 2 aliphatic rings. The molecule has 0 bridgehead atoms. The number of ether oxygens (including phenoxy) is 1. The second-order valence-electron chi connectivity index (χ2n) is 20.2. The molecule has 1 saturated heterocycles. The van der Waals surface area contributed by atoms with Gasteiger partial charge in [-0.1, -0.05) is 0 Å². The molecule has 8 heterocycles. The number of imidazole rings is 2. The molecule has 0 aromatic carbocycles. The van der Waals surface area contributed by atoms with E-state index in [1.807, 2.05) is 6.92 Å². The molecule has 7 aromatic heterocycles. The summed E-state index contributed by atoms with van der Waals surface area (Å²) in [4.78, 5) is 144. The Hall–Kier alpha value is -10.5. The summed E-state index contributed by atoms with van der Waals surface area (Å²) in [7, 11) is 11.0. The van der Waals surface area contributed by atoms with E-state index in [2.05, 4.69) is 52.2 Å². The van der Waals surface area contributed by atoms with Gasteiger partial charge in [0.15, 0.2) is 11.6 Å². The number of fused-ring (bicyclic) bond motifs is 3. The van der Waals surface area contributed by atoms with Gasteiger partial charge in [-0.25, -0.2) is 14.8 Å². The van der Waals surface area contributed by atoms with Crippen molar-refractivity contribution in [3.63, 3.8) is 0 Å². The Bertz CT molecular complexity index is 3890. The number of carbonyl (C=O) groups excluding carboxylic acids is 10. The van der Waals surface area contributed by atoms with Crippen LogP contribution in [-0.4, -0.2) is 126 Å². The van der Waals surface area contributed by atoms with Crippen molar-refractivity contribution >= 4 is 93.4 Å². The molecular formula is C54H59N17O11. The molecule has 8 N–H and O–H groups in total. The first-order valence-electron chi connectivity index (χ1n) is 25.6. The molecule has 1 aliphatic heterocycles. The first-order valence-corrected chi connectivity index (χ1v) is 25.6. The Labute approximate surface area is 467 Å². The van der Waals surface area contributed by atoms with Crippen molar-refractivity contribution in [2.75, 3.05) is 52.1 Å². The van der Waals surface area contributed by atoms with Gasteiger partial charge in [-0.2, -0.15) is 0 Å². The Morgan fingerprint density at radius 1 is 0.622 bits per heavy atom. The zero-order valence-corrected chi connectivity index (χ0v) is 46.4. The van der Waals surface area contributed by atoms with Crippen molar-refractivity contribution < 1.29 is 52.7 Å². The molecule has 1 atom stereocenters. The third-order valence-electron chi connectivity index (χ3n) is 14.1. The number of anilines is 6. The van der Waals surface area contributed by atoms with Crippen LogP contribution in [0.5, 0.6) is 0 Å². The van der Waals surface area contributed by atoms with E-state index in [1.165, 1.54) is 90.7 Å². The number of methoxy groups -OCH3 is 1. The van der Waals surface area contributed by atoms with Gasteiger partial charge in [0.2, 0.25) is 29.2 Å². The average molecular weight is 1120 g/mol. The number of nitrogens with one attached hydrogen (secondary N) is 8. The maximum Gasteiger partial charge on any atom is 0.340 e. The number of ketones is 1. The van der Waals surface area contributed by atoms with Gasteiger partial charge in [0.05, 0.1) is 41.1 Å². The summed E-state index contributed by atoms with van der Waals surface area (Å²) in [6.07, 6.45) is 11.3. The molecule has 0 unspecified atom stereocenters. The number of aromatic amines is 1. The summed E-state index contributed by atoms with van der Waals surface area (Å²) < 4.78 is 14.0. The maximum atomic E-state index is 14.2. The summed E-state index contributed by atoms with van der Waals surface area (Å²) in [6, 6.07) is 5.95. The number of rotatable bonds is 17. The Balaban J connectivity index is 0.730. The van der Waals surface area contributed by atoms with E-state index < -0.39 is 52.7 Å². The van der Waals surface area contributed by atoms with Gasteiger partial charge in [0.1, 0.15) is 22.8 Å². The molecular weight excluding hydrogens is 1060 g/mol. The van der Waals surface area contributed by atoms with Crippen molar-refractivity contribution in [2.45, 2.75) is 45.4 Å². The highest BCUT2D eigenvalue weighted by molar-refractivity contribution is 6.12. The fraction of sp³-hybridized carbons (Fsp3) is 0.296. The van der Waals surface area contributed by atoms with E-state index in [4.69, 9.17) is 4.74 Å². The second-order valence-corrected chi connectivity index (χ2v) is 20.2. The number of aromatic nitrogens is 9. The van der Waals surface area contributed by atoms with Crippen LogP contribution in [0.15, 0.2) is 73.2 Å². The average Bonchev–Trinajstić information content (AvgIpc) is 3.05. The van der Waals surface area contributed by atoms with Gasteiger partial charge in [-0.05, 0) is 51.0 Å². The summed E-state index contributed by atoms with van der Waals surface area (Å²) >= 11 is 0. The van der Waals surface area contributed by atoms with Gasteiger partial charge < -0.3 is 79.2 Å². The predicted molar refractivity (Wildman–Crippen MR) is 297 cm³/mol. The van der Waals surface area contributed by atoms with Crippen molar-refractivity contribution in [3.05, 3.63) is 130 Å². The molecule has 82 heavy (non-hydrogen) atoms. The molecule has 0 saturated carbocycles. The normalized spacial score (nSPS) is 14.3. The van der Waals surface area contributed by atoms with Crippen LogP contribution in [0.1, 0.15) is 128 Å². The lowest BCUT2D eigenvalue weighted by Gasteiger charge is -2.32. The number of aryl methyl sites for hydroxylation is 7. The molecule has 0 spiro atoms. The number of hydrogen-bond acceptors (Lipinski definition) is 13. The molecule has 426 valence electrons. The Kier molecular flexibility index (Phi) is 15.0. The minimum absolute atomic E-state index is 0.00481. The summed E-state index contributed by atoms with van der Waals surface area (Å²) in [5.74, 6) is -4.53. The van der Waals surface area contributed by atoms with Crippen LogP contribution in [0.4, 0.5) is 34.4 Å². The highest BCUT2D eigenvalue weighted by Gasteiger charge is 2.51. The van der Waals surface area contributed by atoms with Crippen LogP contribution in [0.2, 0.25) is 0 Å². The van der Waals surface area contributed by atoms with E-state index in [1.54, 1.807) is 72.4 Å². The van der Waals surface area contributed by atoms with Crippen LogP contribution in [-0.2, 0) is 62.0 Å². The van der Waals surface area contributed by atoms with Gasteiger partial charge >= 0.3 is 5.97 Å². The molecule has 28 heteroatoms. The molecule has 8 amide bonds. The van der Waals surface area contributed by atoms with Crippen LogP contribution in [0, 0.1) is 6.92 Å². The molecule has 0 radical (unpaired) electrons. The maximum absolute atomic E-state index is 14.2. The minimum Gasteiger partial charge on any atom is -0.465 e. The van der Waals surface area contributed by atoms with Gasteiger partial charge in [0.25, 0.3) is 35.4 Å². The van der Waals surface area contributed by atoms with E-state index in [0.717, 1.165) is 0 Å². The number of carbonyl (C=O) groups is 10. The molecule has 28 nitrogen and oxygen atoms in total. The number of likely N-dealkylation sites (tertiary alicyclic amines) is 1. The minimum atomic E-state index is -0.838. The van der Waals surface area contributed by atoms with E-state index >= 15 is 0 Å². The monoisotopic (exact) mass is 1120 g/mol. The topological polar surface area (TPSA) is 339 Å². The largest absolute Gasteiger partial charge is 0.465 e. The van der Waals surface area contributed by atoms with E-state index in [9.17, 15) is 47.9 Å². The Morgan fingerprint density at radius 3 is 1.59 bits per heavy atom. The summed E-state index contributed by atoms with van der Waals surface area (Å²) in [5.41, 5.74) is 3.24. The predicted octanol–water partition coefficient (Wildman–Crippen LogP) is 3.93. The number of esters is 1. The van der Waals surface area contributed by atoms with E-state index in [-0.39, 0.29) is 94.9 Å². The molecule has 1 aliphatic carbocycles. The molecule has 1 fully saturated rings. The van der Waals surface area contributed by atoms with Crippen LogP contribution < -0.4 is 37.2 Å². The summed E-state index contributed by atoms with van der Waals surface area (Å²) in [6.45, 7) is 5.30. The van der Waals surface area contributed by atoms with Gasteiger partial charge in [-0.15, -0.1) is 0 Å². The first-order chi connectivity index (χ1) is 38.8. The zero-order chi connectivity index (χ0) is 59.2. The van der Waals surface area contributed by atoms with Crippen LogP contribution in [0.3, 0.4) is 0 Å². The fourth-order valence-corrected chi connectivity index (χ4v) is 10.2. The standard InChI is InChI=1S/C54H59N17O11/c1-27-42(53(81)82-10)43-44(56-27)37(73)20-38-54(43,3)13-15-71(38)52(80)36-19-32(24-68(36)7)59-49(77)35-18-31(23-67(35)6)61-51(79)46-64-40(26-70(46)9)62-41(74)12-11-14-55-47(75)33-16-29(21-65(33)4)58-48(76)34-17-30(22-66(34)5)60-50(78)45-63-39(25-69(45)8)57-28(2)72/h16-26,56H,11-15H2,1-10H3,(H,55,75)(H,57,72)(H,58,76)(H,59,77)(H,60,78)(H,61,79)(H,62,74)/t54-/m1/s1. The third-order valence-corrected chi connectivity index (χ3v) is 14.1. The van der Waals surface area contributed by atoms with Crippen molar-refractivity contribution in [2.24, 2.45) is 42.3 Å². The van der Waals surface area contributed by atoms with Gasteiger partial charge in [-0.3, -0.25) is 43.2 Å². The van der Waals surface area contributed by atoms with Crippen molar-refractivity contribution in [1.82, 2.24) is 52.6 Å². The lowest BCUT2D eigenvalue weighted by Crippen LogP contribution is -2.36. The number of allylic oxidation sites excluding steroid dienone is 2. The third kappa shape index (κ3) is 10.9. The highest BCUT2D eigenvalue weighted by atomic mass is 16.5. The molecule has 9 rings (SSSR count). The fourth-order valence-electron chi connectivity index (χ4n) is 10.2. The van der Waals surface area contributed by atoms with Gasteiger partial charge in [0, 0.05) is 134 Å². The van der Waals surface area contributed by atoms with Crippen molar-refractivity contribution in [1.29, 1.82) is 0 Å². The summed E-state index contributed by atoms with van der Waals surface area (Å²) in [5, 5.41) is 18.9. The second kappa shape index (κ2) is 21.9. The number of amides is 8. The number of nitrogens with zero attached hydrogens (tertiary/aromatic N) is 9. The number of H-pyrrole nitrogens is 1.